The van der Waals surface area contributed by atoms with Crippen molar-refractivity contribution in [2.45, 2.75) is 45.3 Å². The van der Waals surface area contributed by atoms with Crippen LogP contribution in [0.4, 0.5) is 0 Å². The van der Waals surface area contributed by atoms with Crippen LogP contribution in [-0.2, 0) is 11.3 Å². The van der Waals surface area contributed by atoms with E-state index in [1.54, 1.807) is 18.4 Å². The minimum absolute atomic E-state index is 0.0596. The highest BCUT2D eigenvalue weighted by molar-refractivity contribution is 7.09. The zero-order chi connectivity index (χ0) is 17.1. The Labute approximate surface area is 149 Å². The molecule has 3 rings (SSSR count). The first-order valence-electron chi connectivity index (χ1n) is 9.01. The Kier molecular flexibility index (Phi) is 5.76. The molecule has 0 spiro atoms. The second-order valence-corrected chi connectivity index (χ2v) is 8.07. The molecule has 0 aromatic carbocycles. The van der Waals surface area contributed by atoms with Crippen molar-refractivity contribution >= 4 is 17.3 Å². The molecule has 1 unspecified atom stereocenters. The molecule has 6 heteroatoms. The highest BCUT2D eigenvalue weighted by Crippen LogP contribution is 2.48. The number of guanidine groups is 1. The van der Waals surface area contributed by atoms with Crippen LogP contribution in [0.1, 0.15) is 49.4 Å². The predicted octanol–water partition coefficient (Wildman–Crippen LogP) is 3.29. The summed E-state index contributed by atoms with van der Waals surface area (Å²) in [5.74, 6) is 3.74. The lowest BCUT2D eigenvalue weighted by atomic mass is 9.98. The molecule has 24 heavy (non-hydrogen) atoms. The SMILES string of the molecule is CN=C(NCC(C1CC1)C1CC1)N(C)Cc1csc(C(C)OC)n1. The Bertz CT molecular complexity index is 553. The molecular weight excluding hydrogens is 320 g/mol. The molecular formula is C18H30N4OS. The maximum absolute atomic E-state index is 5.34. The number of hydrogen-bond acceptors (Lipinski definition) is 4. The molecule has 1 aromatic heterocycles. The third kappa shape index (κ3) is 4.48. The van der Waals surface area contributed by atoms with Crippen molar-refractivity contribution in [3.8, 4) is 0 Å². The lowest BCUT2D eigenvalue weighted by molar-refractivity contribution is 0.119. The van der Waals surface area contributed by atoms with Gasteiger partial charge in [0.15, 0.2) is 5.96 Å². The summed E-state index contributed by atoms with van der Waals surface area (Å²) in [7, 11) is 5.67. The largest absolute Gasteiger partial charge is 0.375 e. The predicted molar refractivity (Wildman–Crippen MR) is 99.3 cm³/mol. The lowest BCUT2D eigenvalue weighted by Gasteiger charge is -2.24. The van der Waals surface area contributed by atoms with Gasteiger partial charge in [-0.3, -0.25) is 4.99 Å². The van der Waals surface area contributed by atoms with E-state index >= 15 is 0 Å². The van der Waals surface area contributed by atoms with Crippen molar-refractivity contribution in [2.75, 3.05) is 27.7 Å². The van der Waals surface area contributed by atoms with Crippen LogP contribution in [-0.4, -0.2) is 43.6 Å². The topological polar surface area (TPSA) is 49.8 Å². The number of ether oxygens (including phenoxy) is 1. The van der Waals surface area contributed by atoms with Gasteiger partial charge in [0.1, 0.15) is 11.1 Å². The van der Waals surface area contributed by atoms with Crippen molar-refractivity contribution in [1.82, 2.24) is 15.2 Å². The molecule has 0 saturated heterocycles. The van der Waals surface area contributed by atoms with Crippen LogP contribution >= 0.6 is 11.3 Å². The number of rotatable bonds is 8. The van der Waals surface area contributed by atoms with Crippen molar-refractivity contribution in [2.24, 2.45) is 22.7 Å². The van der Waals surface area contributed by atoms with E-state index in [1.165, 1.54) is 25.7 Å². The fourth-order valence-electron chi connectivity index (χ4n) is 3.36. The average molecular weight is 351 g/mol. The molecule has 2 saturated carbocycles. The highest BCUT2D eigenvalue weighted by atomic mass is 32.1. The average Bonchev–Trinajstić information content (AvgIpc) is 3.51. The summed E-state index contributed by atoms with van der Waals surface area (Å²) >= 11 is 1.66. The van der Waals surface area contributed by atoms with Gasteiger partial charge in [-0.2, -0.15) is 0 Å². The zero-order valence-electron chi connectivity index (χ0n) is 15.3. The Morgan fingerprint density at radius 3 is 2.62 bits per heavy atom. The van der Waals surface area contributed by atoms with Crippen LogP contribution in [0.2, 0.25) is 0 Å². The van der Waals surface area contributed by atoms with Gasteiger partial charge in [-0.15, -0.1) is 11.3 Å². The van der Waals surface area contributed by atoms with Crippen LogP contribution in [0.25, 0.3) is 0 Å². The van der Waals surface area contributed by atoms with E-state index in [0.717, 1.165) is 47.5 Å². The van der Waals surface area contributed by atoms with E-state index in [9.17, 15) is 0 Å². The second-order valence-electron chi connectivity index (χ2n) is 7.18. The Balaban J connectivity index is 1.52. The maximum Gasteiger partial charge on any atom is 0.193 e. The van der Waals surface area contributed by atoms with Gasteiger partial charge in [0.05, 0.1) is 12.2 Å². The quantitative estimate of drug-likeness (QED) is 0.577. The molecule has 1 atom stereocenters. The molecule has 0 amide bonds. The van der Waals surface area contributed by atoms with Gasteiger partial charge < -0.3 is 15.0 Å². The molecule has 0 bridgehead atoms. The normalized spacial score (nSPS) is 19.6. The summed E-state index contributed by atoms with van der Waals surface area (Å²) in [4.78, 5) is 11.3. The first-order valence-corrected chi connectivity index (χ1v) is 9.89. The van der Waals surface area contributed by atoms with Crippen molar-refractivity contribution in [1.29, 1.82) is 0 Å². The minimum atomic E-state index is 0.0596. The van der Waals surface area contributed by atoms with E-state index in [1.807, 2.05) is 14.0 Å². The van der Waals surface area contributed by atoms with Gasteiger partial charge in [-0.25, -0.2) is 4.98 Å². The zero-order valence-corrected chi connectivity index (χ0v) is 16.1. The number of thiazole rings is 1. The standard InChI is InChI=1S/C18H30N4OS/c1-12(23-4)17-21-15(11-24-17)10-22(3)18(19-2)20-9-16(13-5-6-13)14-7-8-14/h11-14,16H,5-10H2,1-4H3,(H,19,20). The van der Waals surface area contributed by atoms with Crippen molar-refractivity contribution < 1.29 is 4.74 Å². The van der Waals surface area contributed by atoms with E-state index in [4.69, 9.17) is 4.74 Å². The molecule has 1 heterocycles. The van der Waals surface area contributed by atoms with Crippen molar-refractivity contribution in [3.63, 3.8) is 0 Å². The van der Waals surface area contributed by atoms with Gasteiger partial charge in [0.25, 0.3) is 0 Å². The summed E-state index contributed by atoms with van der Waals surface area (Å²) in [5.41, 5.74) is 1.07. The van der Waals surface area contributed by atoms with Gasteiger partial charge in [0.2, 0.25) is 0 Å². The summed E-state index contributed by atoms with van der Waals surface area (Å²) in [5, 5.41) is 6.75. The van der Waals surface area contributed by atoms with Crippen LogP contribution in [0.15, 0.2) is 10.4 Å². The van der Waals surface area contributed by atoms with Gasteiger partial charge >= 0.3 is 0 Å². The molecule has 1 N–H and O–H groups in total. The molecule has 2 aliphatic rings. The van der Waals surface area contributed by atoms with Gasteiger partial charge in [0, 0.05) is 33.1 Å². The summed E-state index contributed by atoms with van der Waals surface area (Å²) in [6.07, 6.45) is 5.77. The van der Waals surface area contributed by atoms with Gasteiger partial charge in [-0.1, -0.05) is 0 Å². The molecule has 2 aliphatic carbocycles. The third-order valence-electron chi connectivity index (χ3n) is 5.19. The van der Waals surface area contributed by atoms with Crippen LogP contribution in [0.3, 0.4) is 0 Å². The molecule has 0 aliphatic heterocycles. The Morgan fingerprint density at radius 1 is 1.42 bits per heavy atom. The molecule has 2 fully saturated rings. The number of aromatic nitrogens is 1. The highest BCUT2D eigenvalue weighted by Gasteiger charge is 2.41. The number of aliphatic imine (C=N–C) groups is 1. The van der Waals surface area contributed by atoms with E-state index in [0.29, 0.717) is 0 Å². The van der Waals surface area contributed by atoms with E-state index < -0.39 is 0 Å². The Morgan fingerprint density at radius 2 is 2.08 bits per heavy atom. The number of nitrogens with one attached hydrogen (secondary N) is 1. The first-order chi connectivity index (χ1) is 11.6. The number of nitrogens with zero attached hydrogens (tertiary/aromatic N) is 3. The summed E-state index contributed by atoms with van der Waals surface area (Å²) < 4.78 is 5.34. The fraction of sp³-hybridized carbons (Fsp3) is 0.778. The fourth-order valence-corrected chi connectivity index (χ4v) is 4.20. The molecule has 134 valence electrons. The maximum atomic E-state index is 5.34. The molecule has 0 radical (unpaired) electrons. The van der Waals surface area contributed by atoms with Crippen LogP contribution in [0.5, 0.6) is 0 Å². The third-order valence-corrected chi connectivity index (χ3v) is 6.25. The Hall–Kier alpha value is -1.14. The number of hydrogen-bond donors (Lipinski definition) is 1. The second kappa shape index (κ2) is 7.83. The van der Waals surface area contributed by atoms with Crippen molar-refractivity contribution in [3.05, 3.63) is 16.1 Å². The number of methoxy groups -OCH3 is 1. The molecule has 5 nitrogen and oxygen atoms in total. The van der Waals surface area contributed by atoms with E-state index in [-0.39, 0.29) is 6.10 Å². The smallest absolute Gasteiger partial charge is 0.193 e. The summed E-state index contributed by atoms with van der Waals surface area (Å²) in [6, 6.07) is 0. The summed E-state index contributed by atoms with van der Waals surface area (Å²) in [6.45, 7) is 3.86. The van der Waals surface area contributed by atoms with Crippen LogP contribution in [0, 0.1) is 17.8 Å². The first kappa shape index (κ1) is 17.7. The molecule has 1 aromatic rings. The lowest BCUT2D eigenvalue weighted by Crippen LogP contribution is -2.41. The minimum Gasteiger partial charge on any atom is -0.375 e. The van der Waals surface area contributed by atoms with Crippen LogP contribution < -0.4 is 5.32 Å². The van der Waals surface area contributed by atoms with E-state index in [2.05, 4.69) is 32.6 Å². The monoisotopic (exact) mass is 350 g/mol. The van der Waals surface area contributed by atoms with Gasteiger partial charge in [-0.05, 0) is 50.4 Å².